The minimum absolute atomic E-state index is 0.0511. The molecule has 11 heteroatoms. The lowest BCUT2D eigenvalue weighted by Crippen LogP contribution is -2.47. The molecule has 1 saturated heterocycles. The van der Waals surface area contributed by atoms with E-state index in [9.17, 15) is 22.8 Å². The number of sulfonamides is 1. The van der Waals surface area contributed by atoms with Crippen LogP contribution in [0.1, 0.15) is 22.8 Å². The van der Waals surface area contributed by atoms with Crippen LogP contribution in [0.15, 0.2) is 83.8 Å². The van der Waals surface area contributed by atoms with Crippen LogP contribution in [0.5, 0.6) is 5.75 Å². The Morgan fingerprint density at radius 1 is 0.943 bits per heavy atom. The summed E-state index contributed by atoms with van der Waals surface area (Å²) >= 11 is 0. The van der Waals surface area contributed by atoms with Crippen LogP contribution in [-0.4, -0.2) is 38.4 Å². The number of nitrogens with one attached hydrogen (secondary N) is 3. The third kappa shape index (κ3) is 4.53. The molecule has 3 aromatic carbocycles. The molecule has 1 heterocycles. The van der Waals surface area contributed by atoms with Gasteiger partial charge in [0.2, 0.25) is 0 Å². The number of amides is 4. The number of hydrazine groups is 1. The third-order valence-corrected chi connectivity index (χ3v) is 6.91. The van der Waals surface area contributed by atoms with E-state index < -0.39 is 33.4 Å². The summed E-state index contributed by atoms with van der Waals surface area (Å²) in [6.07, 6.45) is 0. The largest absolute Gasteiger partial charge is 0.495 e. The maximum absolute atomic E-state index is 12.9. The van der Waals surface area contributed by atoms with Crippen LogP contribution >= 0.6 is 0 Å². The second-order valence-electron chi connectivity index (χ2n) is 7.83. The zero-order valence-corrected chi connectivity index (χ0v) is 19.6. The van der Waals surface area contributed by atoms with Crippen molar-refractivity contribution in [2.45, 2.75) is 17.4 Å². The lowest BCUT2D eigenvalue weighted by atomic mass is 9.92. The zero-order valence-electron chi connectivity index (χ0n) is 18.8. The van der Waals surface area contributed by atoms with Crippen molar-refractivity contribution in [2.24, 2.45) is 0 Å². The van der Waals surface area contributed by atoms with Crippen LogP contribution in [0.3, 0.4) is 0 Å². The van der Waals surface area contributed by atoms with E-state index in [1.807, 2.05) is 0 Å². The van der Waals surface area contributed by atoms with Crippen molar-refractivity contribution in [3.63, 3.8) is 0 Å². The number of carbonyl (C=O) groups is 3. The van der Waals surface area contributed by atoms with Gasteiger partial charge in [-0.05, 0) is 48.9 Å². The molecule has 0 saturated carbocycles. The second kappa shape index (κ2) is 9.11. The molecule has 1 atom stereocenters. The van der Waals surface area contributed by atoms with Gasteiger partial charge in [0.05, 0.1) is 17.7 Å². The van der Waals surface area contributed by atoms with Crippen LogP contribution in [0.2, 0.25) is 0 Å². The smallest absolute Gasteiger partial charge is 0.344 e. The summed E-state index contributed by atoms with van der Waals surface area (Å²) in [5.74, 6) is -1.06. The molecule has 0 radical (unpaired) electrons. The Morgan fingerprint density at radius 2 is 1.57 bits per heavy atom. The van der Waals surface area contributed by atoms with Crippen molar-refractivity contribution in [1.82, 2.24) is 15.8 Å². The summed E-state index contributed by atoms with van der Waals surface area (Å²) < 4.78 is 33.1. The van der Waals surface area contributed by atoms with Gasteiger partial charge in [0.15, 0.2) is 0 Å². The van der Waals surface area contributed by atoms with Crippen LogP contribution in [0.4, 0.5) is 10.5 Å². The summed E-state index contributed by atoms with van der Waals surface area (Å²) in [5.41, 5.74) is 1.82. The van der Waals surface area contributed by atoms with Gasteiger partial charge in [-0.3, -0.25) is 19.7 Å². The fourth-order valence-corrected chi connectivity index (χ4v) is 4.66. The third-order valence-electron chi connectivity index (χ3n) is 5.53. The Hall–Kier alpha value is -4.38. The number of anilines is 1. The predicted octanol–water partition coefficient (Wildman–Crippen LogP) is 2.61. The van der Waals surface area contributed by atoms with E-state index in [0.29, 0.717) is 16.3 Å². The monoisotopic (exact) mass is 494 g/mol. The van der Waals surface area contributed by atoms with E-state index >= 15 is 0 Å². The van der Waals surface area contributed by atoms with Crippen molar-refractivity contribution in [2.75, 3.05) is 11.8 Å². The van der Waals surface area contributed by atoms with Gasteiger partial charge in [0, 0.05) is 5.56 Å². The topological polar surface area (TPSA) is 134 Å². The first-order valence-corrected chi connectivity index (χ1v) is 11.9. The Labute approximate surface area is 201 Å². The van der Waals surface area contributed by atoms with Crippen molar-refractivity contribution < 1.29 is 27.5 Å². The molecule has 4 amide bonds. The molecular formula is C24H22N4O6S. The summed E-state index contributed by atoms with van der Waals surface area (Å²) in [5, 5.41) is 3.20. The molecule has 1 aliphatic rings. The van der Waals surface area contributed by atoms with Crippen LogP contribution in [-0.2, 0) is 20.4 Å². The minimum atomic E-state index is -3.96. The molecule has 3 aromatic rings. The minimum Gasteiger partial charge on any atom is -0.495 e. The van der Waals surface area contributed by atoms with E-state index in [0.717, 1.165) is 0 Å². The van der Waals surface area contributed by atoms with Gasteiger partial charge in [-0.2, -0.15) is 5.01 Å². The number of benzene rings is 3. The fraction of sp³-hybridized carbons (Fsp3) is 0.125. The Kier molecular flexibility index (Phi) is 6.18. The number of nitrogens with zero attached hydrogens (tertiary/aromatic N) is 1. The highest BCUT2D eigenvalue weighted by atomic mass is 32.2. The van der Waals surface area contributed by atoms with E-state index in [-0.39, 0.29) is 16.1 Å². The molecule has 0 bridgehead atoms. The van der Waals surface area contributed by atoms with E-state index in [4.69, 9.17) is 4.74 Å². The van der Waals surface area contributed by atoms with E-state index in [1.165, 1.54) is 31.4 Å². The SMILES string of the molecule is COc1ccccc1NS(=O)(=O)c1ccc(C(=O)NN2C(=O)NC(C)(c3ccccc3)C2=O)cc1. The Bertz CT molecular complexity index is 1390. The van der Waals surface area contributed by atoms with Gasteiger partial charge in [0.25, 0.3) is 21.8 Å². The first-order chi connectivity index (χ1) is 16.7. The number of para-hydroxylation sites is 2. The number of carbonyl (C=O) groups excluding carboxylic acids is 3. The first kappa shape index (κ1) is 23.8. The number of urea groups is 1. The number of imide groups is 1. The van der Waals surface area contributed by atoms with Crippen molar-refractivity contribution in [3.05, 3.63) is 90.0 Å². The highest BCUT2D eigenvalue weighted by Gasteiger charge is 2.50. The standard InChI is InChI=1S/C24H22N4O6S/c1-24(17-8-4-3-5-9-17)22(30)28(23(31)25-24)26-21(29)16-12-14-18(15-13-16)35(32,33)27-19-10-6-7-11-20(19)34-2/h3-15,27H,1-2H3,(H,25,31)(H,26,29). The fourth-order valence-electron chi connectivity index (χ4n) is 3.59. The highest BCUT2D eigenvalue weighted by Crippen LogP contribution is 2.28. The average Bonchev–Trinajstić information content (AvgIpc) is 3.08. The number of hydrogen-bond acceptors (Lipinski definition) is 6. The first-order valence-electron chi connectivity index (χ1n) is 10.4. The number of hydrogen-bond donors (Lipinski definition) is 3. The average molecular weight is 495 g/mol. The Balaban J connectivity index is 1.48. The maximum Gasteiger partial charge on any atom is 0.344 e. The van der Waals surface area contributed by atoms with Gasteiger partial charge >= 0.3 is 6.03 Å². The molecule has 1 unspecified atom stereocenters. The lowest BCUT2D eigenvalue weighted by molar-refractivity contribution is -0.132. The highest BCUT2D eigenvalue weighted by molar-refractivity contribution is 7.92. The second-order valence-corrected chi connectivity index (χ2v) is 9.52. The maximum atomic E-state index is 12.9. The van der Waals surface area contributed by atoms with Gasteiger partial charge < -0.3 is 10.1 Å². The molecule has 1 aliphatic heterocycles. The van der Waals surface area contributed by atoms with E-state index in [2.05, 4.69) is 15.5 Å². The van der Waals surface area contributed by atoms with Crippen molar-refractivity contribution in [3.8, 4) is 5.75 Å². The predicted molar refractivity (Wildman–Crippen MR) is 127 cm³/mol. The number of methoxy groups -OCH3 is 1. The molecule has 0 aliphatic carbocycles. The van der Waals surface area contributed by atoms with Crippen LogP contribution in [0, 0.1) is 0 Å². The van der Waals surface area contributed by atoms with Gasteiger partial charge in [-0.25, -0.2) is 13.2 Å². The van der Waals surface area contributed by atoms with Crippen molar-refractivity contribution in [1.29, 1.82) is 0 Å². The number of rotatable bonds is 7. The molecule has 1 fully saturated rings. The molecule has 4 rings (SSSR count). The van der Waals surface area contributed by atoms with Crippen LogP contribution < -0.4 is 20.2 Å². The molecule has 3 N–H and O–H groups in total. The molecule has 0 aromatic heterocycles. The molecular weight excluding hydrogens is 472 g/mol. The molecule has 10 nitrogen and oxygen atoms in total. The van der Waals surface area contributed by atoms with Gasteiger partial charge in [0.1, 0.15) is 11.3 Å². The lowest BCUT2D eigenvalue weighted by Gasteiger charge is -2.22. The van der Waals surface area contributed by atoms with Gasteiger partial charge in [-0.15, -0.1) is 0 Å². The summed E-state index contributed by atoms with van der Waals surface area (Å²) in [6.45, 7) is 1.54. The van der Waals surface area contributed by atoms with Gasteiger partial charge in [-0.1, -0.05) is 42.5 Å². The number of ether oxygens (including phenoxy) is 1. The normalized spacial score (nSPS) is 17.6. The molecule has 180 valence electrons. The molecule has 35 heavy (non-hydrogen) atoms. The van der Waals surface area contributed by atoms with Crippen LogP contribution in [0.25, 0.3) is 0 Å². The van der Waals surface area contributed by atoms with E-state index in [1.54, 1.807) is 61.5 Å². The van der Waals surface area contributed by atoms with Crippen molar-refractivity contribution >= 4 is 33.6 Å². The quantitative estimate of drug-likeness (QED) is 0.433. The summed E-state index contributed by atoms with van der Waals surface area (Å²) in [4.78, 5) is 38.0. The summed E-state index contributed by atoms with van der Waals surface area (Å²) in [6, 6.07) is 19.4. The summed E-state index contributed by atoms with van der Waals surface area (Å²) in [7, 11) is -2.54. The molecule has 0 spiro atoms. The zero-order chi connectivity index (χ0) is 25.2. The Morgan fingerprint density at radius 3 is 2.23 bits per heavy atom.